The van der Waals surface area contributed by atoms with Crippen molar-refractivity contribution in [3.05, 3.63) is 70.8 Å². The van der Waals surface area contributed by atoms with Crippen LogP contribution in [0.4, 0.5) is 0 Å². The van der Waals surface area contributed by atoms with Crippen molar-refractivity contribution < 1.29 is 14.4 Å². The zero-order chi connectivity index (χ0) is 18.5. The van der Waals surface area contributed by atoms with Crippen molar-refractivity contribution in [1.82, 2.24) is 10.2 Å². The molecule has 0 aliphatic carbocycles. The minimum Gasteiger partial charge on any atom is -0.352 e. The molecule has 5 heteroatoms. The molecule has 0 atom stereocenters. The maximum atomic E-state index is 12.6. The van der Waals surface area contributed by atoms with E-state index < -0.39 is 0 Å². The topological polar surface area (TPSA) is 66.5 Å². The number of amides is 3. The van der Waals surface area contributed by atoms with Gasteiger partial charge in [-0.1, -0.05) is 43.7 Å². The Balaban J connectivity index is 1.72. The van der Waals surface area contributed by atoms with Crippen LogP contribution >= 0.6 is 0 Å². The fourth-order valence-electron chi connectivity index (χ4n) is 3.00. The number of nitrogens with one attached hydrogen (secondary N) is 1. The number of carbonyl (C=O) groups is 3. The first-order valence-electron chi connectivity index (χ1n) is 8.94. The molecule has 2 aromatic rings. The summed E-state index contributed by atoms with van der Waals surface area (Å²) in [4.78, 5) is 38.6. The van der Waals surface area contributed by atoms with Gasteiger partial charge in [0.1, 0.15) is 0 Å². The molecule has 5 nitrogen and oxygen atoms in total. The lowest BCUT2D eigenvalue weighted by atomic mass is 10.1. The summed E-state index contributed by atoms with van der Waals surface area (Å²) in [5, 5.41) is 2.83. The molecular formula is C21H22N2O3. The Morgan fingerprint density at radius 3 is 2.46 bits per heavy atom. The van der Waals surface area contributed by atoms with Crippen LogP contribution in [0.1, 0.15) is 56.4 Å². The molecule has 1 aliphatic heterocycles. The predicted molar refractivity (Wildman–Crippen MR) is 99.2 cm³/mol. The summed E-state index contributed by atoms with van der Waals surface area (Å²) in [5.74, 6) is -0.841. The number of hydrogen-bond acceptors (Lipinski definition) is 3. The van der Waals surface area contributed by atoms with Gasteiger partial charge in [-0.05, 0) is 36.6 Å². The first kappa shape index (κ1) is 17.9. The van der Waals surface area contributed by atoms with E-state index in [0.717, 1.165) is 18.4 Å². The highest BCUT2D eigenvalue weighted by Crippen LogP contribution is 2.24. The normalized spacial score (nSPS) is 13.0. The fraction of sp³-hybridized carbons (Fsp3) is 0.286. The van der Waals surface area contributed by atoms with Gasteiger partial charge in [-0.3, -0.25) is 19.3 Å². The third-order valence-electron chi connectivity index (χ3n) is 4.52. The van der Waals surface area contributed by atoms with Crippen LogP contribution in [0.3, 0.4) is 0 Å². The van der Waals surface area contributed by atoms with Gasteiger partial charge in [-0.2, -0.15) is 0 Å². The smallest absolute Gasteiger partial charge is 0.261 e. The first-order chi connectivity index (χ1) is 12.6. The van der Waals surface area contributed by atoms with E-state index in [1.165, 1.54) is 11.0 Å². The number of carbonyl (C=O) groups excluding carboxylic acids is 3. The third-order valence-corrected chi connectivity index (χ3v) is 4.52. The maximum Gasteiger partial charge on any atom is 0.261 e. The Labute approximate surface area is 153 Å². The van der Waals surface area contributed by atoms with Crippen LogP contribution in [-0.2, 0) is 6.42 Å². The second-order valence-corrected chi connectivity index (χ2v) is 6.37. The highest BCUT2D eigenvalue weighted by Gasteiger charge is 2.35. The Kier molecular flexibility index (Phi) is 5.46. The van der Waals surface area contributed by atoms with Crippen molar-refractivity contribution in [2.24, 2.45) is 0 Å². The van der Waals surface area contributed by atoms with Crippen LogP contribution in [-0.4, -0.2) is 35.7 Å². The third kappa shape index (κ3) is 3.67. The van der Waals surface area contributed by atoms with Crippen LogP contribution in [0.2, 0.25) is 0 Å². The van der Waals surface area contributed by atoms with Gasteiger partial charge in [0.05, 0.1) is 11.1 Å². The lowest BCUT2D eigenvalue weighted by Crippen LogP contribution is -2.31. The SMILES string of the molecule is CCCCNC(=O)c1ccc2c(c1)C(=O)N(CCc1ccccc1)C2=O. The molecular weight excluding hydrogens is 328 g/mol. The van der Waals surface area contributed by atoms with E-state index >= 15 is 0 Å². The maximum absolute atomic E-state index is 12.6. The van der Waals surface area contributed by atoms with Crippen LogP contribution < -0.4 is 5.32 Å². The molecule has 2 aromatic carbocycles. The van der Waals surface area contributed by atoms with Crippen molar-refractivity contribution in [2.75, 3.05) is 13.1 Å². The number of fused-ring (bicyclic) bond motifs is 1. The first-order valence-corrected chi connectivity index (χ1v) is 8.94. The Morgan fingerprint density at radius 1 is 1.00 bits per heavy atom. The zero-order valence-electron chi connectivity index (χ0n) is 14.8. The van der Waals surface area contributed by atoms with Crippen LogP contribution in [0.15, 0.2) is 48.5 Å². The highest BCUT2D eigenvalue weighted by molar-refractivity contribution is 6.22. The second-order valence-electron chi connectivity index (χ2n) is 6.37. The lowest BCUT2D eigenvalue weighted by molar-refractivity contribution is 0.0656. The average molecular weight is 350 g/mol. The molecule has 0 saturated carbocycles. The van der Waals surface area contributed by atoms with E-state index in [9.17, 15) is 14.4 Å². The molecule has 0 bridgehead atoms. The molecule has 1 aliphatic rings. The van der Waals surface area contributed by atoms with E-state index in [-0.39, 0.29) is 17.7 Å². The predicted octanol–water partition coefficient (Wildman–Crippen LogP) is 3.06. The quantitative estimate of drug-likeness (QED) is 0.616. The molecule has 0 saturated heterocycles. The van der Waals surface area contributed by atoms with Crippen molar-refractivity contribution in [3.63, 3.8) is 0 Å². The zero-order valence-corrected chi connectivity index (χ0v) is 14.8. The highest BCUT2D eigenvalue weighted by atomic mass is 16.2. The van der Waals surface area contributed by atoms with Crippen molar-refractivity contribution in [2.45, 2.75) is 26.2 Å². The molecule has 3 rings (SSSR count). The number of unbranched alkanes of at least 4 members (excludes halogenated alkanes) is 1. The van der Waals surface area contributed by atoms with Gasteiger partial charge in [0.25, 0.3) is 17.7 Å². The van der Waals surface area contributed by atoms with Crippen molar-refractivity contribution >= 4 is 17.7 Å². The Hall–Kier alpha value is -2.95. The monoisotopic (exact) mass is 350 g/mol. The van der Waals surface area contributed by atoms with Crippen LogP contribution in [0.25, 0.3) is 0 Å². The van der Waals surface area contributed by atoms with E-state index in [0.29, 0.717) is 36.2 Å². The van der Waals surface area contributed by atoms with E-state index in [2.05, 4.69) is 12.2 Å². The molecule has 0 unspecified atom stereocenters. The molecule has 1 heterocycles. The van der Waals surface area contributed by atoms with Crippen molar-refractivity contribution in [1.29, 1.82) is 0 Å². The number of rotatable bonds is 7. The Bertz CT molecular complexity index is 830. The lowest BCUT2D eigenvalue weighted by Gasteiger charge is -2.13. The largest absolute Gasteiger partial charge is 0.352 e. The summed E-state index contributed by atoms with van der Waals surface area (Å²) in [6.07, 6.45) is 2.51. The summed E-state index contributed by atoms with van der Waals surface area (Å²) < 4.78 is 0. The van der Waals surface area contributed by atoms with Crippen LogP contribution in [0, 0.1) is 0 Å². The van der Waals surface area contributed by atoms with E-state index in [1.807, 2.05) is 30.3 Å². The average Bonchev–Trinajstić information content (AvgIpc) is 2.91. The molecule has 134 valence electrons. The standard InChI is InChI=1S/C21H22N2O3/c1-2-3-12-22-19(24)16-9-10-17-18(14-16)21(26)23(20(17)25)13-11-15-7-5-4-6-8-15/h4-10,14H,2-3,11-13H2,1H3,(H,22,24). The minimum absolute atomic E-state index is 0.218. The molecule has 26 heavy (non-hydrogen) atoms. The van der Waals surface area contributed by atoms with Gasteiger partial charge in [0.2, 0.25) is 0 Å². The van der Waals surface area contributed by atoms with Crippen molar-refractivity contribution in [3.8, 4) is 0 Å². The molecule has 0 aromatic heterocycles. The van der Waals surface area contributed by atoms with Gasteiger partial charge < -0.3 is 5.32 Å². The van der Waals surface area contributed by atoms with E-state index in [4.69, 9.17) is 0 Å². The van der Waals surface area contributed by atoms with Gasteiger partial charge in [-0.15, -0.1) is 0 Å². The van der Waals surface area contributed by atoms with E-state index in [1.54, 1.807) is 12.1 Å². The van der Waals surface area contributed by atoms with Crippen LogP contribution in [0.5, 0.6) is 0 Å². The summed E-state index contributed by atoms with van der Waals surface area (Å²) in [7, 11) is 0. The second kappa shape index (κ2) is 7.95. The van der Waals surface area contributed by atoms with Gasteiger partial charge in [-0.25, -0.2) is 0 Å². The summed E-state index contributed by atoms with van der Waals surface area (Å²) >= 11 is 0. The summed E-state index contributed by atoms with van der Waals surface area (Å²) in [6, 6.07) is 14.4. The minimum atomic E-state index is -0.330. The van der Waals surface area contributed by atoms with Gasteiger partial charge in [0, 0.05) is 18.7 Å². The Morgan fingerprint density at radius 2 is 1.73 bits per heavy atom. The number of benzene rings is 2. The molecule has 3 amide bonds. The number of nitrogens with zero attached hydrogens (tertiary/aromatic N) is 1. The summed E-state index contributed by atoms with van der Waals surface area (Å²) in [6.45, 7) is 2.98. The number of imide groups is 1. The molecule has 0 fully saturated rings. The molecule has 0 radical (unpaired) electrons. The fourth-order valence-corrected chi connectivity index (χ4v) is 3.00. The molecule has 0 spiro atoms. The number of hydrogen-bond donors (Lipinski definition) is 1. The van der Waals surface area contributed by atoms with Gasteiger partial charge in [0.15, 0.2) is 0 Å². The van der Waals surface area contributed by atoms with Gasteiger partial charge >= 0.3 is 0 Å². The summed E-state index contributed by atoms with van der Waals surface area (Å²) in [5.41, 5.74) is 2.16. The molecule has 1 N–H and O–H groups in total.